The molecule has 0 bridgehead atoms. The molecule has 1 N–H and O–H groups in total. The SMILES string of the molecule is Cc1cccc(-c2noc(C3CCN(CC(=O)Nc4ccc5c(c4)OCO5)CC3)n2)c1. The molecule has 3 heterocycles. The summed E-state index contributed by atoms with van der Waals surface area (Å²) in [6.07, 6.45) is 1.76. The summed E-state index contributed by atoms with van der Waals surface area (Å²) in [5.74, 6) is 2.84. The summed E-state index contributed by atoms with van der Waals surface area (Å²) in [5, 5.41) is 7.09. The third kappa shape index (κ3) is 4.39. The molecule has 160 valence electrons. The number of anilines is 1. The number of carbonyl (C=O) groups excluding carboxylic acids is 1. The Morgan fingerprint density at radius 3 is 2.81 bits per heavy atom. The van der Waals surface area contributed by atoms with Gasteiger partial charge in [-0.25, -0.2) is 0 Å². The number of aryl methyl sites for hydroxylation is 1. The molecule has 0 spiro atoms. The van der Waals surface area contributed by atoms with E-state index < -0.39 is 0 Å². The first-order chi connectivity index (χ1) is 15.1. The average molecular weight is 420 g/mol. The van der Waals surface area contributed by atoms with E-state index >= 15 is 0 Å². The number of benzene rings is 2. The van der Waals surface area contributed by atoms with Crippen molar-refractivity contribution in [3.05, 3.63) is 53.9 Å². The predicted octanol–water partition coefficient (Wildman–Crippen LogP) is 3.59. The fourth-order valence-electron chi connectivity index (χ4n) is 4.02. The Bertz CT molecular complexity index is 1090. The number of piperidine rings is 1. The number of likely N-dealkylation sites (tertiary alicyclic amines) is 1. The van der Waals surface area contributed by atoms with Crippen LogP contribution in [0.2, 0.25) is 0 Å². The molecule has 3 aromatic rings. The maximum atomic E-state index is 12.5. The van der Waals surface area contributed by atoms with Gasteiger partial charge in [-0.15, -0.1) is 0 Å². The highest BCUT2D eigenvalue weighted by Gasteiger charge is 2.26. The Kier molecular flexibility index (Phi) is 5.30. The molecule has 8 heteroatoms. The molecule has 1 fully saturated rings. The summed E-state index contributed by atoms with van der Waals surface area (Å²) in [5.41, 5.74) is 2.84. The second kappa shape index (κ2) is 8.39. The Labute approximate surface area is 180 Å². The van der Waals surface area contributed by atoms with Crippen LogP contribution in [0.3, 0.4) is 0 Å². The van der Waals surface area contributed by atoms with Crippen LogP contribution in [0.5, 0.6) is 11.5 Å². The van der Waals surface area contributed by atoms with Crippen LogP contribution in [-0.2, 0) is 4.79 Å². The van der Waals surface area contributed by atoms with Crippen LogP contribution in [-0.4, -0.2) is 47.4 Å². The summed E-state index contributed by atoms with van der Waals surface area (Å²) in [7, 11) is 0. The van der Waals surface area contributed by atoms with Crippen molar-refractivity contribution in [2.75, 3.05) is 31.7 Å². The maximum Gasteiger partial charge on any atom is 0.238 e. The number of hydrogen-bond acceptors (Lipinski definition) is 7. The van der Waals surface area contributed by atoms with Crippen molar-refractivity contribution < 1.29 is 18.8 Å². The Balaban J connectivity index is 1.13. The standard InChI is InChI=1S/C23H24N4O4/c1-15-3-2-4-17(11-15)22-25-23(31-26-22)16-7-9-27(10-8-16)13-21(28)24-18-5-6-19-20(12-18)30-14-29-19/h2-6,11-12,16H,7-10,13-14H2,1H3,(H,24,28). The highest BCUT2D eigenvalue weighted by atomic mass is 16.7. The van der Waals surface area contributed by atoms with Crippen LogP contribution < -0.4 is 14.8 Å². The summed E-state index contributed by atoms with van der Waals surface area (Å²) >= 11 is 0. The van der Waals surface area contributed by atoms with Gasteiger partial charge in [0.15, 0.2) is 11.5 Å². The zero-order chi connectivity index (χ0) is 21.2. The lowest BCUT2D eigenvalue weighted by Gasteiger charge is -2.29. The number of nitrogens with zero attached hydrogens (tertiary/aromatic N) is 3. The van der Waals surface area contributed by atoms with Gasteiger partial charge < -0.3 is 19.3 Å². The Morgan fingerprint density at radius 2 is 1.97 bits per heavy atom. The highest BCUT2D eigenvalue weighted by Crippen LogP contribution is 2.34. The Hall–Kier alpha value is -3.39. The van der Waals surface area contributed by atoms with E-state index in [1.165, 1.54) is 0 Å². The van der Waals surface area contributed by atoms with Crippen molar-refractivity contribution in [1.82, 2.24) is 15.0 Å². The van der Waals surface area contributed by atoms with Gasteiger partial charge in [-0.05, 0) is 51.1 Å². The molecule has 2 aliphatic rings. The minimum atomic E-state index is -0.0446. The van der Waals surface area contributed by atoms with E-state index in [1.54, 1.807) is 12.1 Å². The van der Waals surface area contributed by atoms with Gasteiger partial charge in [0.25, 0.3) is 0 Å². The molecule has 0 saturated carbocycles. The number of ether oxygens (including phenoxy) is 2. The smallest absolute Gasteiger partial charge is 0.238 e. The second-order valence-corrected chi connectivity index (χ2v) is 7.99. The fourth-order valence-corrected chi connectivity index (χ4v) is 4.02. The van der Waals surface area contributed by atoms with Gasteiger partial charge in [-0.3, -0.25) is 9.69 Å². The normalized spacial score (nSPS) is 16.4. The molecule has 1 aromatic heterocycles. The first kappa shape index (κ1) is 19.6. The van der Waals surface area contributed by atoms with E-state index in [0.29, 0.717) is 35.4 Å². The number of hydrogen-bond donors (Lipinski definition) is 1. The summed E-state index contributed by atoms with van der Waals surface area (Å²) in [4.78, 5) is 19.2. The lowest BCUT2D eigenvalue weighted by atomic mass is 9.97. The van der Waals surface area contributed by atoms with Crippen molar-refractivity contribution in [3.63, 3.8) is 0 Å². The monoisotopic (exact) mass is 420 g/mol. The number of rotatable bonds is 5. The summed E-state index contributed by atoms with van der Waals surface area (Å²) in [6, 6.07) is 13.5. The third-order valence-electron chi connectivity index (χ3n) is 5.68. The first-order valence-corrected chi connectivity index (χ1v) is 10.5. The van der Waals surface area contributed by atoms with Gasteiger partial charge in [0.1, 0.15) is 0 Å². The maximum absolute atomic E-state index is 12.5. The molecule has 8 nitrogen and oxygen atoms in total. The third-order valence-corrected chi connectivity index (χ3v) is 5.68. The predicted molar refractivity (Wildman–Crippen MR) is 114 cm³/mol. The molecule has 0 radical (unpaired) electrons. The average Bonchev–Trinajstić information content (AvgIpc) is 3.44. The number of carbonyl (C=O) groups is 1. The molecule has 0 atom stereocenters. The van der Waals surface area contributed by atoms with E-state index in [1.807, 2.05) is 31.2 Å². The Morgan fingerprint density at radius 1 is 1.13 bits per heavy atom. The van der Waals surface area contributed by atoms with Crippen molar-refractivity contribution in [3.8, 4) is 22.9 Å². The number of amides is 1. The van der Waals surface area contributed by atoms with Gasteiger partial charge >= 0.3 is 0 Å². The topological polar surface area (TPSA) is 89.7 Å². The fraction of sp³-hybridized carbons (Fsp3) is 0.348. The summed E-state index contributed by atoms with van der Waals surface area (Å²) < 4.78 is 16.2. The molecule has 1 amide bonds. The zero-order valence-corrected chi connectivity index (χ0v) is 17.3. The highest BCUT2D eigenvalue weighted by molar-refractivity contribution is 5.92. The van der Waals surface area contributed by atoms with Crippen LogP contribution >= 0.6 is 0 Å². The largest absolute Gasteiger partial charge is 0.454 e. The van der Waals surface area contributed by atoms with Crippen molar-refractivity contribution in [2.24, 2.45) is 0 Å². The van der Waals surface area contributed by atoms with Crippen LogP contribution in [0.1, 0.15) is 30.2 Å². The van der Waals surface area contributed by atoms with E-state index in [2.05, 4.69) is 26.4 Å². The van der Waals surface area contributed by atoms with Gasteiger partial charge in [0.2, 0.25) is 24.4 Å². The van der Waals surface area contributed by atoms with Crippen LogP contribution in [0.25, 0.3) is 11.4 Å². The first-order valence-electron chi connectivity index (χ1n) is 10.5. The van der Waals surface area contributed by atoms with E-state index in [-0.39, 0.29) is 18.6 Å². The van der Waals surface area contributed by atoms with Gasteiger partial charge in [-0.2, -0.15) is 4.98 Å². The minimum Gasteiger partial charge on any atom is -0.454 e. The number of nitrogens with one attached hydrogen (secondary N) is 1. The molecule has 5 rings (SSSR count). The molecule has 0 aliphatic carbocycles. The lowest BCUT2D eigenvalue weighted by Crippen LogP contribution is -2.38. The number of aromatic nitrogens is 2. The van der Waals surface area contributed by atoms with Gasteiger partial charge in [0.05, 0.1) is 6.54 Å². The molecule has 2 aromatic carbocycles. The second-order valence-electron chi connectivity index (χ2n) is 7.99. The quantitative estimate of drug-likeness (QED) is 0.675. The van der Waals surface area contributed by atoms with Crippen molar-refractivity contribution >= 4 is 11.6 Å². The van der Waals surface area contributed by atoms with Gasteiger partial charge in [0, 0.05) is 23.2 Å². The molecule has 0 unspecified atom stereocenters. The van der Waals surface area contributed by atoms with Crippen LogP contribution in [0.4, 0.5) is 5.69 Å². The molecule has 1 saturated heterocycles. The van der Waals surface area contributed by atoms with Crippen LogP contribution in [0, 0.1) is 6.92 Å². The molecule has 2 aliphatic heterocycles. The molecular weight excluding hydrogens is 396 g/mol. The van der Waals surface area contributed by atoms with Gasteiger partial charge in [-0.1, -0.05) is 28.9 Å². The van der Waals surface area contributed by atoms with Crippen molar-refractivity contribution in [2.45, 2.75) is 25.7 Å². The lowest BCUT2D eigenvalue weighted by molar-refractivity contribution is -0.117. The van der Waals surface area contributed by atoms with E-state index in [4.69, 9.17) is 14.0 Å². The minimum absolute atomic E-state index is 0.0446. The zero-order valence-electron chi connectivity index (χ0n) is 17.3. The van der Waals surface area contributed by atoms with E-state index in [9.17, 15) is 4.79 Å². The molecule has 31 heavy (non-hydrogen) atoms. The molecular formula is C23H24N4O4. The van der Waals surface area contributed by atoms with Crippen LogP contribution in [0.15, 0.2) is 47.0 Å². The van der Waals surface area contributed by atoms with E-state index in [0.717, 1.165) is 37.1 Å². The van der Waals surface area contributed by atoms with Crippen molar-refractivity contribution in [1.29, 1.82) is 0 Å². The summed E-state index contributed by atoms with van der Waals surface area (Å²) in [6.45, 7) is 4.22. The number of fused-ring (bicyclic) bond motifs is 1.